The molecule has 0 fully saturated rings. The van der Waals surface area contributed by atoms with Gasteiger partial charge in [-0.2, -0.15) is 0 Å². The fourth-order valence-corrected chi connectivity index (χ4v) is 1.79. The quantitative estimate of drug-likeness (QED) is 0.720. The Kier molecular flexibility index (Phi) is 6.15. The summed E-state index contributed by atoms with van der Waals surface area (Å²) in [5.41, 5.74) is 0.951. The van der Waals surface area contributed by atoms with Gasteiger partial charge in [-0.15, -0.1) is 0 Å². The molecule has 0 aliphatic rings. The Morgan fingerprint density at radius 3 is 2.20 bits per heavy atom. The largest absolute Gasteiger partial charge is 0.493 e. The molecular weight excluding hydrogens is 260 g/mol. The molecule has 0 N–H and O–H groups in total. The lowest BCUT2D eigenvalue weighted by molar-refractivity contribution is -0.145. The zero-order chi connectivity index (χ0) is 15.1. The Hall–Kier alpha value is -1.91. The van der Waals surface area contributed by atoms with Crippen LogP contribution in [0.15, 0.2) is 12.1 Å². The number of carbonyl (C=O) groups is 1. The molecule has 5 nitrogen and oxygen atoms in total. The number of hydrogen-bond donors (Lipinski definition) is 0. The van der Waals surface area contributed by atoms with Crippen LogP contribution in [0.25, 0.3) is 0 Å². The van der Waals surface area contributed by atoms with Gasteiger partial charge in [0.05, 0.1) is 20.8 Å². The van der Waals surface area contributed by atoms with E-state index in [0.29, 0.717) is 23.9 Å². The Morgan fingerprint density at radius 2 is 1.70 bits per heavy atom. The Morgan fingerprint density at radius 1 is 1.10 bits per heavy atom. The maximum Gasteiger partial charge on any atom is 0.344 e. The van der Waals surface area contributed by atoms with Crippen LogP contribution in [0.1, 0.15) is 32.3 Å². The third kappa shape index (κ3) is 4.05. The van der Waals surface area contributed by atoms with Gasteiger partial charge in [-0.05, 0) is 18.9 Å². The number of esters is 1. The fraction of sp³-hybridized carbons (Fsp3) is 0.533. The standard InChI is InChI=1S/C15H22O5/c1-6-19-15(16)9-20-12-8-14(18-5)13(17-4)7-11(12)10(2)3/h7-8,10H,6,9H2,1-5H3. The van der Waals surface area contributed by atoms with E-state index in [1.165, 1.54) is 0 Å². The van der Waals surface area contributed by atoms with E-state index in [1.54, 1.807) is 27.2 Å². The number of carbonyl (C=O) groups excluding carboxylic acids is 1. The highest BCUT2D eigenvalue weighted by atomic mass is 16.6. The van der Waals surface area contributed by atoms with Crippen molar-refractivity contribution in [1.82, 2.24) is 0 Å². The maximum absolute atomic E-state index is 11.4. The monoisotopic (exact) mass is 282 g/mol. The molecule has 0 spiro atoms. The van der Waals surface area contributed by atoms with Crippen LogP contribution in [0.2, 0.25) is 0 Å². The molecule has 0 radical (unpaired) electrons. The van der Waals surface area contributed by atoms with Gasteiger partial charge in [-0.1, -0.05) is 13.8 Å². The topological polar surface area (TPSA) is 54.0 Å². The first-order valence-corrected chi connectivity index (χ1v) is 6.57. The van der Waals surface area contributed by atoms with Gasteiger partial charge in [0.2, 0.25) is 0 Å². The third-order valence-corrected chi connectivity index (χ3v) is 2.79. The number of hydrogen-bond acceptors (Lipinski definition) is 5. The fourth-order valence-electron chi connectivity index (χ4n) is 1.79. The minimum atomic E-state index is -0.392. The Bertz CT molecular complexity index is 454. The van der Waals surface area contributed by atoms with Crippen molar-refractivity contribution in [3.05, 3.63) is 17.7 Å². The van der Waals surface area contributed by atoms with E-state index in [2.05, 4.69) is 0 Å². The molecule has 0 bridgehead atoms. The van der Waals surface area contributed by atoms with Crippen molar-refractivity contribution in [2.24, 2.45) is 0 Å². The second kappa shape index (κ2) is 7.62. The van der Waals surface area contributed by atoms with Crippen LogP contribution >= 0.6 is 0 Å². The van der Waals surface area contributed by atoms with Crippen molar-refractivity contribution in [3.63, 3.8) is 0 Å². The molecule has 0 atom stereocenters. The van der Waals surface area contributed by atoms with Gasteiger partial charge < -0.3 is 18.9 Å². The number of rotatable bonds is 7. The molecule has 0 amide bonds. The summed E-state index contributed by atoms with van der Waals surface area (Å²) in [5, 5.41) is 0. The van der Waals surface area contributed by atoms with Crippen molar-refractivity contribution >= 4 is 5.97 Å². The lowest BCUT2D eigenvalue weighted by Gasteiger charge is -2.17. The summed E-state index contributed by atoms with van der Waals surface area (Å²) in [6.07, 6.45) is 0. The molecule has 0 aromatic heterocycles. The highest BCUT2D eigenvalue weighted by molar-refractivity contribution is 5.71. The van der Waals surface area contributed by atoms with E-state index in [4.69, 9.17) is 18.9 Å². The average molecular weight is 282 g/mol. The van der Waals surface area contributed by atoms with Gasteiger partial charge in [0.15, 0.2) is 18.1 Å². The summed E-state index contributed by atoms with van der Waals surface area (Å²) in [6.45, 7) is 6.05. The van der Waals surface area contributed by atoms with Gasteiger partial charge in [-0.3, -0.25) is 0 Å². The van der Waals surface area contributed by atoms with Crippen LogP contribution in [-0.2, 0) is 9.53 Å². The number of ether oxygens (including phenoxy) is 4. The van der Waals surface area contributed by atoms with Gasteiger partial charge in [0.1, 0.15) is 5.75 Å². The molecule has 20 heavy (non-hydrogen) atoms. The molecule has 0 saturated heterocycles. The Balaban J connectivity index is 3.00. The smallest absolute Gasteiger partial charge is 0.344 e. The highest BCUT2D eigenvalue weighted by Gasteiger charge is 2.16. The molecule has 0 unspecified atom stereocenters. The summed E-state index contributed by atoms with van der Waals surface area (Å²) >= 11 is 0. The van der Waals surface area contributed by atoms with Crippen LogP contribution in [0.5, 0.6) is 17.2 Å². The second-order valence-corrected chi connectivity index (χ2v) is 4.49. The van der Waals surface area contributed by atoms with Gasteiger partial charge >= 0.3 is 5.97 Å². The molecule has 0 aliphatic carbocycles. The molecule has 112 valence electrons. The third-order valence-electron chi connectivity index (χ3n) is 2.79. The summed E-state index contributed by atoms with van der Waals surface area (Å²) < 4.78 is 20.9. The predicted octanol–water partition coefficient (Wildman–Crippen LogP) is 2.77. The Labute approximate surface area is 119 Å². The number of methoxy groups -OCH3 is 2. The van der Waals surface area contributed by atoms with Crippen LogP contribution in [0.3, 0.4) is 0 Å². The van der Waals surface area contributed by atoms with Gasteiger partial charge in [-0.25, -0.2) is 4.79 Å². The molecule has 1 rings (SSSR count). The van der Waals surface area contributed by atoms with Crippen molar-refractivity contribution < 1.29 is 23.7 Å². The molecular formula is C15H22O5. The van der Waals surface area contributed by atoms with E-state index in [1.807, 2.05) is 19.9 Å². The highest BCUT2D eigenvalue weighted by Crippen LogP contribution is 2.38. The summed E-state index contributed by atoms with van der Waals surface area (Å²) in [5.74, 6) is 1.64. The SMILES string of the molecule is CCOC(=O)COc1cc(OC)c(OC)cc1C(C)C. The molecule has 0 heterocycles. The lowest BCUT2D eigenvalue weighted by Crippen LogP contribution is -2.15. The molecule has 0 saturated carbocycles. The first-order valence-electron chi connectivity index (χ1n) is 6.57. The zero-order valence-electron chi connectivity index (χ0n) is 12.7. The van der Waals surface area contributed by atoms with Gasteiger partial charge in [0, 0.05) is 11.6 Å². The van der Waals surface area contributed by atoms with Crippen LogP contribution in [0, 0.1) is 0 Å². The first kappa shape index (κ1) is 16.1. The van der Waals surface area contributed by atoms with E-state index in [9.17, 15) is 4.79 Å². The maximum atomic E-state index is 11.4. The predicted molar refractivity (Wildman–Crippen MR) is 75.8 cm³/mol. The van der Waals surface area contributed by atoms with Crippen molar-refractivity contribution in [3.8, 4) is 17.2 Å². The van der Waals surface area contributed by atoms with Crippen molar-refractivity contribution in [2.45, 2.75) is 26.7 Å². The van der Waals surface area contributed by atoms with E-state index in [-0.39, 0.29) is 12.5 Å². The summed E-state index contributed by atoms with van der Waals surface area (Å²) in [7, 11) is 3.14. The van der Waals surface area contributed by atoms with Crippen LogP contribution in [0.4, 0.5) is 0 Å². The normalized spacial score (nSPS) is 10.3. The van der Waals surface area contributed by atoms with Crippen LogP contribution in [-0.4, -0.2) is 33.4 Å². The molecule has 1 aromatic rings. The molecule has 1 aromatic carbocycles. The van der Waals surface area contributed by atoms with Crippen molar-refractivity contribution in [1.29, 1.82) is 0 Å². The lowest BCUT2D eigenvalue weighted by atomic mass is 10.0. The van der Waals surface area contributed by atoms with Gasteiger partial charge in [0.25, 0.3) is 0 Å². The average Bonchev–Trinajstić information content (AvgIpc) is 2.44. The zero-order valence-corrected chi connectivity index (χ0v) is 12.7. The first-order chi connectivity index (χ1) is 9.53. The van der Waals surface area contributed by atoms with Crippen LogP contribution < -0.4 is 14.2 Å². The number of benzene rings is 1. The van der Waals surface area contributed by atoms with E-state index >= 15 is 0 Å². The second-order valence-electron chi connectivity index (χ2n) is 4.49. The minimum absolute atomic E-state index is 0.122. The summed E-state index contributed by atoms with van der Waals surface area (Å²) in [6, 6.07) is 3.59. The summed E-state index contributed by atoms with van der Waals surface area (Å²) in [4.78, 5) is 11.4. The van der Waals surface area contributed by atoms with E-state index in [0.717, 1.165) is 5.56 Å². The minimum Gasteiger partial charge on any atom is -0.493 e. The van der Waals surface area contributed by atoms with E-state index < -0.39 is 5.97 Å². The van der Waals surface area contributed by atoms with Crippen molar-refractivity contribution in [2.75, 3.05) is 27.4 Å². The molecule has 0 aliphatic heterocycles. The molecule has 5 heteroatoms.